The fraction of sp³-hybridized carbons (Fsp3) is 0.500. The van der Waals surface area contributed by atoms with Crippen LogP contribution in [0.15, 0.2) is 18.2 Å². The lowest BCUT2D eigenvalue weighted by Crippen LogP contribution is -2.45. The Morgan fingerprint density at radius 2 is 2.26 bits per heavy atom. The lowest BCUT2D eigenvalue weighted by molar-refractivity contribution is 0.192. The lowest BCUT2D eigenvalue weighted by atomic mass is 10.2. The van der Waals surface area contributed by atoms with E-state index in [1.54, 1.807) is 7.05 Å². The van der Waals surface area contributed by atoms with Crippen LogP contribution in [0.3, 0.4) is 0 Å². The van der Waals surface area contributed by atoms with E-state index >= 15 is 0 Å². The van der Waals surface area contributed by atoms with Crippen molar-refractivity contribution in [3.63, 3.8) is 0 Å². The number of benzene rings is 1. The smallest absolute Gasteiger partial charge is 0.317 e. The van der Waals surface area contributed by atoms with Gasteiger partial charge in [-0.2, -0.15) is 0 Å². The molecular formula is C14H18ClFN2O4S. The van der Waals surface area contributed by atoms with Crippen LogP contribution in [0, 0.1) is 5.82 Å². The fourth-order valence-electron chi connectivity index (χ4n) is 2.28. The van der Waals surface area contributed by atoms with Crippen molar-refractivity contribution in [3.05, 3.63) is 29.0 Å². The molecule has 23 heavy (non-hydrogen) atoms. The van der Waals surface area contributed by atoms with E-state index in [4.69, 9.17) is 16.3 Å². The van der Waals surface area contributed by atoms with Gasteiger partial charge in [0.25, 0.3) is 0 Å². The molecule has 0 spiro atoms. The van der Waals surface area contributed by atoms with E-state index in [2.05, 4.69) is 5.32 Å². The first kappa shape index (κ1) is 17.8. The SMILES string of the molecule is CN(C(=O)NCCOc1ccc(F)cc1Cl)C1CCS(=O)(=O)C1. The number of nitrogens with zero attached hydrogens (tertiary/aromatic N) is 1. The Morgan fingerprint density at radius 1 is 1.52 bits per heavy atom. The molecule has 0 saturated carbocycles. The van der Waals surface area contributed by atoms with Gasteiger partial charge in [-0.1, -0.05) is 11.6 Å². The molecule has 1 aliphatic rings. The van der Waals surface area contributed by atoms with Crippen LogP contribution < -0.4 is 10.1 Å². The summed E-state index contributed by atoms with van der Waals surface area (Å²) in [6.07, 6.45) is 0.452. The molecule has 6 nitrogen and oxygen atoms in total. The maximum absolute atomic E-state index is 12.9. The normalized spacial score (nSPS) is 19.3. The van der Waals surface area contributed by atoms with Gasteiger partial charge in [-0.3, -0.25) is 0 Å². The summed E-state index contributed by atoms with van der Waals surface area (Å²) >= 11 is 5.82. The van der Waals surface area contributed by atoms with E-state index < -0.39 is 15.7 Å². The van der Waals surface area contributed by atoms with Gasteiger partial charge in [0.05, 0.1) is 23.1 Å². The van der Waals surface area contributed by atoms with Crippen molar-refractivity contribution < 1.29 is 22.3 Å². The van der Waals surface area contributed by atoms with E-state index in [1.165, 1.54) is 17.0 Å². The number of urea groups is 1. The lowest BCUT2D eigenvalue weighted by Gasteiger charge is -2.23. The Morgan fingerprint density at radius 3 is 2.87 bits per heavy atom. The molecule has 1 fully saturated rings. The fourth-order valence-corrected chi connectivity index (χ4v) is 4.28. The van der Waals surface area contributed by atoms with Crippen molar-refractivity contribution in [3.8, 4) is 5.75 Å². The van der Waals surface area contributed by atoms with Crippen LogP contribution in [-0.2, 0) is 9.84 Å². The minimum absolute atomic E-state index is 0.00138. The van der Waals surface area contributed by atoms with E-state index in [1.807, 2.05) is 0 Å². The molecule has 1 heterocycles. The highest BCUT2D eigenvalue weighted by atomic mass is 35.5. The number of nitrogens with one attached hydrogen (secondary N) is 1. The molecule has 2 amide bonds. The maximum Gasteiger partial charge on any atom is 0.317 e. The highest BCUT2D eigenvalue weighted by Gasteiger charge is 2.32. The van der Waals surface area contributed by atoms with Crippen LogP contribution in [0.1, 0.15) is 6.42 Å². The number of rotatable bonds is 5. The summed E-state index contributed by atoms with van der Waals surface area (Å²) in [6, 6.07) is 3.13. The van der Waals surface area contributed by atoms with Gasteiger partial charge in [-0.05, 0) is 24.6 Å². The summed E-state index contributed by atoms with van der Waals surface area (Å²) in [5.41, 5.74) is 0. The number of hydrogen-bond acceptors (Lipinski definition) is 4. The van der Waals surface area contributed by atoms with Crippen LogP contribution in [0.2, 0.25) is 5.02 Å². The van der Waals surface area contributed by atoms with Gasteiger partial charge >= 0.3 is 6.03 Å². The van der Waals surface area contributed by atoms with Crippen molar-refractivity contribution in [2.24, 2.45) is 0 Å². The summed E-state index contributed by atoms with van der Waals surface area (Å²) in [7, 11) is -1.47. The molecular weight excluding hydrogens is 347 g/mol. The highest BCUT2D eigenvalue weighted by molar-refractivity contribution is 7.91. The number of carbonyl (C=O) groups is 1. The third-order valence-electron chi connectivity index (χ3n) is 3.61. The quantitative estimate of drug-likeness (QED) is 0.807. The van der Waals surface area contributed by atoms with Crippen molar-refractivity contribution in [2.75, 3.05) is 31.7 Å². The highest BCUT2D eigenvalue weighted by Crippen LogP contribution is 2.24. The van der Waals surface area contributed by atoms with Gasteiger partial charge in [0.2, 0.25) is 0 Å². The van der Waals surface area contributed by atoms with Crippen LogP contribution in [0.4, 0.5) is 9.18 Å². The zero-order valence-corrected chi connectivity index (χ0v) is 14.2. The monoisotopic (exact) mass is 364 g/mol. The first-order chi connectivity index (χ1) is 10.8. The zero-order chi connectivity index (χ0) is 17.0. The Kier molecular flexibility index (Phi) is 5.69. The first-order valence-corrected chi connectivity index (χ1v) is 9.27. The Hall–Kier alpha value is -1.54. The molecule has 0 aliphatic carbocycles. The summed E-state index contributed by atoms with van der Waals surface area (Å²) in [5.74, 6) is -0.0126. The molecule has 0 bridgehead atoms. The predicted octanol–water partition coefficient (Wildman–Crippen LogP) is 1.69. The van der Waals surface area contributed by atoms with Crippen molar-refractivity contribution in [2.45, 2.75) is 12.5 Å². The number of halogens is 2. The average Bonchev–Trinajstić information content (AvgIpc) is 2.84. The van der Waals surface area contributed by atoms with Gasteiger partial charge < -0.3 is 15.0 Å². The van der Waals surface area contributed by atoms with E-state index in [-0.39, 0.29) is 41.8 Å². The van der Waals surface area contributed by atoms with Crippen LogP contribution >= 0.6 is 11.6 Å². The Bertz CT molecular complexity index is 683. The largest absolute Gasteiger partial charge is 0.490 e. The van der Waals surface area contributed by atoms with E-state index in [9.17, 15) is 17.6 Å². The minimum Gasteiger partial charge on any atom is -0.490 e. The second-order valence-electron chi connectivity index (χ2n) is 5.32. The summed E-state index contributed by atoms with van der Waals surface area (Å²) in [4.78, 5) is 13.4. The molecule has 1 unspecified atom stereocenters. The molecule has 128 valence electrons. The maximum atomic E-state index is 12.9. The van der Waals surface area contributed by atoms with Crippen LogP contribution in [-0.4, -0.2) is 57.1 Å². The topological polar surface area (TPSA) is 75.7 Å². The Balaban J connectivity index is 1.74. The van der Waals surface area contributed by atoms with Gasteiger partial charge in [-0.25, -0.2) is 17.6 Å². The van der Waals surface area contributed by atoms with Crippen LogP contribution in [0.5, 0.6) is 5.75 Å². The number of hydrogen-bond donors (Lipinski definition) is 1. The number of amides is 2. The number of ether oxygens (including phenoxy) is 1. The predicted molar refractivity (Wildman–Crippen MR) is 85.1 cm³/mol. The molecule has 0 radical (unpaired) electrons. The second-order valence-corrected chi connectivity index (χ2v) is 7.96. The molecule has 1 N–H and O–H groups in total. The third kappa shape index (κ3) is 4.97. The third-order valence-corrected chi connectivity index (χ3v) is 5.65. The van der Waals surface area contributed by atoms with Crippen molar-refractivity contribution >= 4 is 27.5 Å². The van der Waals surface area contributed by atoms with E-state index in [0.29, 0.717) is 12.2 Å². The molecule has 1 saturated heterocycles. The standard InChI is InChI=1S/C14H18ClFN2O4S/c1-18(11-4-7-23(20,21)9-11)14(19)17-5-6-22-13-3-2-10(16)8-12(13)15/h2-3,8,11H,4-7,9H2,1H3,(H,17,19). The summed E-state index contributed by atoms with van der Waals surface area (Å²) in [6.45, 7) is 0.379. The van der Waals surface area contributed by atoms with Crippen molar-refractivity contribution in [1.82, 2.24) is 10.2 Å². The number of sulfone groups is 1. The van der Waals surface area contributed by atoms with Gasteiger partial charge in [-0.15, -0.1) is 0 Å². The van der Waals surface area contributed by atoms with Gasteiger partial charge in [0.15, 0.2) is 9.84 Å². The summed E-state index contributed by atoms with van der Waals surface area (Å²) in [5, 5.41) is 2.79. The van der Waals surface area contributed by atoms with Crippen molar-refractivity contribution in [1.29, 1.82) is 0 Å². The Labute approximate surface area is 139 Å². The molecule has 1 aromatic rings. The average molecular weight is 365 g/mol. The van der Waals surface area contributed by atoms with Gasteiger partial charge in [0, 0.05) is 13.1 Å². The molecule has 1 atom stereocenters. The van der Waals surface area contributed by atoms with E-state index in [0.717, 1.165) is 6.07 Å². The molecule has 0 aromatic heterocycles. The van der Waals surface area contributed by atoms with Gasteiger partial charge in [0.1, 0.15) is 18.2 Å². The molecule has 1 aromatic carbocycles. The summed E-state index contributed by atoms with van der Waals surface area (Å²) < 4.78 is 41.1. The number of carbonyl (C=O) groups excluding carboxylic acids is 1. The minimum atomic E-state index is -3.04. The first-order valence-electron chi connectivity index (χ1n) is 7.07. The van der Waals surface area contributed by atoms with Crippen LogP contribution in [0.25, 0.3) is 0 Å². The zero-order valence-electron chi connectivity index (χ0n) is 12.6. The molecule has 1 aliphatic heterocycles. The molecule has 9 heteroatoms. The second kappa shape index (κ2) is 7.35. The molecule has 2 rings (SSSR count).